The van der Waals surface area contributed by atoms with Crippen molar-refractivity contribution in [3.8, 4) is 11.8 Å². The van der Waals surface area contributed by atoms with Crippen LogP contribution in [0.4, 0.5) is 0 Å². The molecular weight excluding hydrogens is 868 g/mol. The van der Waals surface area contributed by atoms with Gasteiger partial charge >= 0.3 is 0 Å². The minimum Gasteiger partial charge on any atom is -0.489 e. The Bertz CT molecular complexity index is 2280. The molecule has 4 amide bonds. The van der Waals surface area contributed by atoms with Crippen LogP contribution >= 0.6 is 11.6 Å². The molecule has 1 saturated heterocycles. The molecule has 1 aliphatic carbocycles. The molecule has 13 nitrogen and oxygen atoms in total. The summed E-state index contributed by atoms with van der Waals surface area (Å²) in [5.41, 5.74) is 4.14. The van der Waals surface area contributed by atoms with Gasteiger partial charge in [-0.15, -0.1) is 0 Å². The molecule has 5 N–H and O–H groups in total. The SMILES string of the molecule is CC1(C)C(NC(=O)c2ccc(CCCCCCOCC(=O)N[C@H](C(=O)N3C[C@H](O)C[C@H]3C(=O)NCc3ccc(C4=CCNCC4)cc3)C(C)(C)C)cc2)C(C)(C)C1Oc1ccc(C#N)c(Cl)c1. The van der Waals surface area contributed by atoms with Crippen LogP contribution in [-0.4, -0.2) is 96.8 Å². The summed E-state index contributed by atoms with van der Waals surface area (Å²) in [4.78, 5) is 55.3. The Morgan fingerprint density at radius 1 is 0.955 bits per heavy atom. The number of nitriles is 1. The van der Waals surface area contributed by atoms with Crippen LogP contribution in [0.3, 0.4) is 0 Å². The Morgan fingerprint density at radius 2 is 1.64 bits per heavy atom. The van der Waals surface area contributed by atoms with Crippen molar-refractivity contribution in [2.45, 2.75) is 130 Å². The van der Waals surface area contributed by atoms with Crippen molar-refractivity contribution in [2.24, 2.45) is 16.2 Å². The van der Waals surface area contributed by atoms with E-state index < -0.39 is 35.4 Å². The molecule has 360 valence electrons. The number of β-amino-alcohol motifs (C(OH)–C–C–N with tert-alkyl or cyclic N) is 1. The van der Waals surface area contributed by atoms with Crippen LogP contribution < -0.4 is 26.0 Å². The highest BCUT2D eigenvalue weighted by Crippen LogP contribution is 2.55. The van der Waals surface area contributed by atoms with Crippen LogP contribution in [0.25, 0.3) is 5.57 Å². The predicted molar refractivity (Wildman–Crippen MR) is 260 cm³/mol. The van der Waals surface area contributed by atoms with E-state index in [0.717, 1.165) is 62.7 Å². The van der Waals surface area contributed by atoms with E-state index in [-0.39, 0.29) is 54.4 Å². The Balaban J connectivity index is 0.875. The highest BCUT2D eigenvalue weighted by molar-refractivity contribution is 6.31. The minimum absolute atomic E-state index is 0.00688. The lowest BCUT2D eigenvalue weighted by molar-refractivity contribution is -0.164. The van der Waals surface area contributed by atoms with E-state index in [4.69, 9.17) is 21.1 Å². The molecule has 2 heterocycles. The van der Waals surface area contributed by atoms with Crippen molar-refractivity contribution in [2.75, 3.05) is 32.8 Å². The summed E-state index contributed by atoms with van der Waals surface area (Å²) >= 11 is 6.24. The fourth-order valence-electron chi connectivity index (χ4n) is 10.0. The molecule has 0 aromatic heterocycles. The van der Waals surface area contributed by atoms with E-state index in [1.54, 1.807) is 18.2 Å². The van der Waals surface area contributed by atoms with Gasteiger partial charge in [0.15, 0.2) is 0 Å². The summed E-state index contributed by atoms with van der Waals surface area (Å²) in [5, 5.41) is 32.5. The van der Waals surface area contributed by atoms with E-state index in [9.17, 15) is 29.5 Å². The van der Waals surface area contributed by atoms with Crippen LogP contribution in [-0.2, 0) is 32.1 Å². The van der Waals surface area contributed by atoms with E-state index in [1.807, 2.05) is 57.2 Å². The van der Waals surface area contributed by atoms with Crippen LogP contribution in [0, 0.1) is 27.6 Å². The second kappa shape index (κ2) is 22.2. The number of benzene rings is 3. The zero-order valence-electron chi connectivity index (χ0n) is 40.2. The van der Waals surface area contributed by atoms with Gasteiger partial charge in [0.05, 0.1) is 16.7 Å². The summed E-state index contributed by atoms with van der Waals surface area (Å²) < 4.78 is 12.1. The monoisotopic (exact) mass is 936 g/mol. The van der Waals surface area contributed by atoms with Gasteiger partial charge < -0.3 is 40.7 Å². The topological polar surface area (TPSA) is 182 Å². The number of aryl methyl sites for hydroxylation is 1. The van der Waals surface area contributed by atoms with Gasteiger partial charge in [0.1, 0.15) is 36.6 Å². The summed E-state index contributed by atoms with van der Waals surface area (Å²) in [6.45, 7) is 16.2. The molecule has 0 unspecified atom stereocenters. The fourth-order valence-corrected chi connectivity index (χ4v) is 10.2. The first kappa shape index (κ1) is 51.1. The normalized spacial score (nSPS) is 21.3. The molecule has 0 radical (unpaired) electrons. The third-order valence-corrected chi connectivity index (χ3v) is 13.8. The summed E-state index contributed by atoms with van der Waals surface area (Å²) in [7, 11) is 0. The number of aliphatic hydroxyl groups excluding tert-OH is 1. The molecule has 0 spiro atoms. The average molecular weight is 938 g/mol. The molecule has 14 heteroatoms. The largest absolute Gasteiger partial charge is 0.489 e. The number of rotatable bonds is 19. The van der Waals surface area contributed by atoms with Gasteiger partial charge in [0, 0.05) is 61.2 Å². The first-order chi connectivity index (χ1) is 31.8. The number of nitrogens with zero attached hydrogens (tertiary/aromatic N) is 2. The summed E-state index contributed by atoms with van der Waals surface area (Å²) in [6.07, 6.45) is 6.75. The molecule has 67 heavy (non-hydrogen) atoms. The lowest BCUT2D eigenvalue weighted by Gasteiger charge is -2.63. The van der Waals surface area contributed by atoms with Crippen molar-refractivity contribution in [1.29, 1.82) is 5.26 Å². The number of likely N-dealkylation sites (tertiary alicyclic amines) is 1. The quantitative estimate of drug-likeness (QED) is 0.0782. The number of aliphatic hydroxyl groups is 1. The Hall–Kier alpha value is -5.26. The second-order valence-corrected chi connectivity index (χ2v) is 21.0. The Labute approximate surface area is 401 Å². The third kappa shape index (κ3) is 12.8. The minimum atomic E-state index is -0.929. The predicted octanol–water partition coefficient (Wildman–Crippen LogP) is 7.13. The number of ether oxygens (including phenoxy) is 2. The maximum absolute atomic E-state index is 14.0. The fraction of sp³-hybridized carbons (Fsp3) is 0.528. The van der Waals surface area contributed by atoms with Gasteiger partial charge in [0.2, 0.25) is 17.7 Å². The number of carbonyl (C=O) groups excluding carboxylic acids is 4. The number of carbonyl (C=O) groups is 4. The van der Waals surface area contributed by atoms with Gasteiger partial charge in [-0.1, -0.05) is 115 Å². The first-order valence-corrected chi connectivity index (χ1v) is 24.1. The number of halogens is 1. The van der Waals surface area contributed by atoms with Crippen LogP contribution in [0.2, 0.25) is 5.02 Å². The smallest absolute Gasteiger partial charge is 0.251 e. The maximum atomic E-state index is 14.0. The van der Waals surface area contributed by atoms with Gasteiger partial charge in [-0.05, 0) is 84.2 Å². The lowest BCUT2D eigenvalue weighted by Crippen LogP contribution is -2.74. The first-order valence-electron chi connectivity index (χ1n) is 23.7. The second-order valence-electron chi connectivity index (χ2n) is 20.6. The highest BCUT2D eigenvalue weighted by atomic mass is 35.5. The van der Waals surface area contributed by atoms with Gasteiger partial charge in [0.25, 0.3) is 5.91 Å². The number of nitrogens with one attached hydrogen (secondary N) is 4. The van der Waals surface area contributed by atoms with E-state index in [1.165, 1.54) is 16.0 Å². The molecule has 3 aromatic rings. The highest BCUT2D eigenvalue weighted by Gasteiger charge is 2.64. The lowest BCUT2D eigenvalue weighted by atomic mass is 9.49. The molecule has 2 fully saturated rings. The van der Waals surface area contributed by atoms with Crippen molar-refractivity contribution < 1.29 is 33.8 Å². The molecule has 3 atom stereocenters. The number of amides is 4. The van der Waals surface area contributed by atoms with Crippen molar-refractivity contribution >= 4 is 40.8 Å². The standard InChI is InChI=1S/C53H69ClN6O7/c1-51(2,3)45(48(65)60-32-40(61)28-43(60)47(64)57-31-35-15-17-36(18-16-35)37-23-25-56-26-24-37)58-44(62)33-66-27-11-9-8-10-12-34-13-19-38(20-14-34)46(63)59-49-52(4,5)50(53(49,6)7)67-41-22-21-39(30-55)42(54)29-41/h13-23,29,40,43,45,49-50,56,61H,8-12,24-28,31-33H2,1-7H3,(H,57,64)(H,58,62)(H,59,63)/t40-,43+,45-,49?,50?/m1/s1. The average Bonchev–Trinajstić information content (AvgIpc) is 3.70. The number of hydrogen-bond acceptors (Lipinski definition) is 9. The molecule has 6 rings (SSSR count). The van der Waals surface area contributed by atoms with Crippen LogP contribution in [0.5, 0.6) is 5.75 Å². The van der Waals surface area contributed by atoms with Crippen molar-refractivity contribution in [3.05, 3.63) is 106 Å². The van der Waals surface area contributed by atoms with Gasteiger partial charge in [-0.3, -0.25) is 19.2 Å². The van der Waals surface area contributed by atoms with E-state index in [2.05, 4.69) is 73.2 Å². The van der Waals surface area contributed by atoms with Crippen LogP contribution in [0.1, 0.15) is 120 Å². The molecule has 0 bridgehead atoms. The molecule has 3 aromatic carbocycles. The van der Waals surface area contributed by atoms with E-state index in [0.29, 0.717) is 35.1 Å². The van der Waals surface area contributed by atoms with Gasteiger partial charge in [-0.2, -0.15) is 5.26 Å². The molecule has 1 saturated carbocycles. The number of hydrogen-bond donors (Lipinski definition) is 5. The number of unbranched alkanes of at least 4 members (excludes halogenated alkanes) is 3. The summed E-state index contributed by atoms with van der Waals surface area (Å²) in [6, 6.07) is 21.0. The van der Waals surface area contributed by atoms with Gasteiger partial charge in [-0.25, -0.2) is 0 Å². The third-order valence-electron chi connectivity index (χ3n) is 13.5. The summed E-state index contributed by atoms with van der Waals surface area (Å²) in [5.74, 6) is -0.720. The zero-order valence-corrected chi connectivity index (χ0v) is 40.9. The molecular formula is C53H69ClN6O7. The molecule has 2 aliphatic heterocycles. The molecule has 3 aliphatic rings. The maximum Gasteiger partial charge on any atom is 0.251 e. The zero-order chi connectivity index (χ0) is 48.5. The van der Waals surface area contributed by atoms with Crippen molar-refractivity contribution in [3.63, 3.8) is 0 Å². The van der Waals surface area contributed by atoms with Crippen LogP contribution in [0.15, 0.2) is 72.8 Å². The Morgan fingerprint density at radius 3 is 2.28 bits per heavy atom. The Kier molecular flexibility index (Phi) is 17.0. The van der Waals surface area contributed by atoms with Crippen molar-refractivity contribution in [1.82, 2.24) is 26.2 Å². The van der Waals surface area contributed by atoms with E-state index >= 15 is 0 Å².